The lowest BCUT2D eigenvalue weighted by atomic mass is 9.98. The third kappa shape index (κ3) is 3.38. The number of piperidine rings is 1. The third-order valence-electron chi connectivity index (χ3n) is 5.65. The fourth-order valence-electron chi connectivity index (χ4n) is 4.08. The average Bonchev–Trinajstić information content (AvgIpc) is 3.40. The lowest BCUT2D eigenvalue weighted by molar-refractivity contribution is -0.140. The van der Waals surface area contributed by atoms with Crippen LogP contribution in [-0.2, 0) is 6.18 Å². The van der Waals surface area contributed by atoms with E-state index in [0.717, 1.165) is 30.4 Å². The number of benzene rings is 1. The number of aromatic nitrogens is 5. The molecule has 11 heteroatoms. The van der Waals surface area contributed by atoms with Gasteiger partial charge in [0, 0.05) is 5.92 Å². The molecule has 3 aromatic heterocycles. The van der Waals surface area contributed by atoms with Crippen LogP contribution in [0.15, 0.2) is 39.5 Å². The highest BCUT2D eigenvalue weighted by molar-refractivity contribution is 5.81. The zero-order chi connectivity index (χ0) is 22.5. The fraction of sp³-hybridized carbons (Fsp3) is 0.333. The van der Waals surface area contributed by atoms with E-state index in [1.807, 2.05) is 0 Å². The van der Waals surface area contributed by atoms with Gasteiger partial charge in [-0.15, -0.1) is 10.2 Å². The van der Waals surface area contributed by atoms with Crippen LogP contribution in [-0.4, -0.2) is 37.9 Å². The number of nitrogens with zero attached hydrogens (tertiary/aromatic N) is 4. The molecule has 0 radical (unpaired) electrons. The van der Waals surface area contributed by atoms with Gasteiger partial charge in [-0.05, 0) is 38.4 Å². The molecule has 0 aliphatic carbocycles. The van der Waals surface area contributed by atoms with Gasteiger partial charge in [-0.1, -0.05) is 30.3 Å². The quantitative estimate of drug-likeness (QED) is 0.501. The van der Waals surface area contributed by atoms with Gasteiger partial charge in [-0.2, -0.15) is 17.7 Å². The summed E-state index contributed by atoms with van der Waals surface area (Å²) in [6, 6.07) is 8.02. The summed E-state index contributed by atoms with van der Waals surface area (Å²) < 4.78 is 48.0. The molecular formula is C21H19F3N6O2. The van der Waals surface area contributed by atoms with Crippen molar-refractivity contribution < 1.29 is 17.6 Å². The molecule has 0 unspecified atom stereocenters. The normalized spacial score (nSPS) is 15.5. The SMILES string of the molecule is Cc1nc2c(-c3ccccc3)c(C(F)(F)F)[nH]n2c(=O)c1-c1nnc(C2CCNCC2)o1. The first kappa shape index (κ1) is 20.4. The number of hydrogen-bond acceptors (Lipinski definition) is 6. The van der Waals surface area contributed by atoms with Gasteiger partial charge >= 0.3 is 6.18 Å². The average molecular weight is 444 g/mol. The molecule has 1 fully saturated rings. The second kappa shape index (κ2) is 7.59. The highest BCUT2D eigenvalue weighted by Crippen LogP contribution is 2.38. The Balaban J connectivity index is 1.69. The van der Waals surface area contributed by atoms with Gasteiger partial charge in [0.05, 0.1) is 11.3 Å². The van der Waals surface area contributed by atoms with Crippen LogP contribution < -0.4 is 10.9 Å². The molecule has 1 saturated heterocycles. The summed E-state index contributed by atoms with van der Waals surface area (Å²) >= 11 is 0. The first-order chi connectivity index (χ1) is 15.3. The Morgan fingerprint density at radius 2 is 1.81 bits per heavy atom. The molecule has 0 amide bonds. The molecule has 0 bridgehead atoms. The summed E-state index contributed by atoms with van der Waals surface area (Å²) in [5.41, 5.74) is -1.61. The number of rotatable bonds is 3. The van der Waals surface area contributed by atoms with Crippen LogP contribution in [0, 0.1) is 6.92 Å². The Morgan fingerprint density at radius 1 is 1.09 bits per heavy atom. The molecule has 0 atom stereocenters. The molecule has 1 aliphatic rings. The lowest BCUT2D eigenvalue weighted by Crippen LogP contribution is -2.26. The van der Waals surface area contributed by atoms with Gasteiger partial charge in [0.2, 0.25) is 5.89 Å². The number of fused-ring (bicyclic) bond motifs is 1. The van der Waals surface area contributed by atoms with Gasteiger partial charge in [-0.25, -0.2) is 4.98 Å². The van der Waals surface area contributed by atoms with Crippen molar-refractivity contribution >= 4 is 5.65 Å². The van der Waals surface area contributed by atoms with Crippen LogP contribution in [0.5, 0.6) is 0 Å². The summed E-state index contributed by atoms with van der Waals surface area (Å²) in [5, 5.41) is 13.5. The maximum atomic E-state index is 13.8. The van der Waals surface area contributed by atoms with Crippen LogP contribution in [0.3, 0.4) is 0 Å². The Kier molecular flexibility index (Phi) is 4.85. The van der Waals surface area contributed by atoms with Crippen LogP contribution >= 0.6 is 0 Å². The summed E-state index contributed by atoms with van der Waals surface area (Å²) in [6.45, 7) is 3.19. The highest BCUT2D eigenvalue weighted by Gasteiger charge is 2.38. The van der Waals surface area contributed by atoms with E-state index in [9.17, 15) is 18.0 Å². The summed E-state index contributed by atoms with van der Waals surface area (Å²) in [7, 11) is 0. The molecule has 8 nitrogen and oxygen atoms in total. The van der Waals surface area contributed by atoms with Crippen LogP contribution in [0.4, 0.5) is 13.2 Å². The van der Waals surface area contributed by atoms with E-state index in [1.54, 1.807) is 25.1 Å². The number of hydrogen-bond donors (Lipinski definition) is 2. The smallest absolute Gasteiger partial charge is 0.420 e. The van der Waals surface area contributed by atoms with Crippen LogP contribution in [0.25, 0.3) is 28.2 Å². The topological polar surface area (TPSA) is 101 Å². The summed E-state index contributed by atoms with van der Waals surface area (Å²) in [5.74, 6) is 0.439. The van der Waals surface area contributed by atoms with Crippen molar-refractivity contribution in [2.24, 2.45) is 0 Å². The fourth-order valence-corrected chi connectivity index (χ4v) is 4.08. The molecule has 166 valence electrons. The van der Waals surface area contributed by atoms with E-state index >= 15 is 0 Å². The van der Waals surface area contributed by atoms with E-state index in [2.05, 4.69) is 25.6 Å². The van der Waals surface area contributed by atoms with E-state index in [-0.39, 0.29) is 34.3 Å². The predicted molar refractivity (Wildman–Crippen MR) is 109 cm³/mol. The van der Waals surface area contributed by atoms with Gasteiger partial charge in [0.15, 0.2) is 5.65 Å². The molecule has 1 aromatic carbocycles. The first-order valence-electron chi connectivity index (χ1n) is 10.2. The van der Waals surface area contributed by atoms with Crippen molar-refractivity contribution in [2.45, 2.75) is 31.9 Å². The minimum absolute atomic E-state index is 0.0234. The predicted octanol–water partition coefficient (Wildman–Crippen LogP) is 3.53. The number of nitrogens with one attached hydrogen (secondary N) is 2. The molecule has 5 rings (SSSR count). The van der Waals surface area contributed by atoms with Gasteiger partial charge in [0.25, 0.3) is 11.4 Å². The van der Waals surface area contributed by atoms with Crippen LogP contribution in [0.2, 0.25) is 0 Å². The van der Waals surface area contributed by atoms with Crippen molar-refractivity contribution in [3.05, 3.63) is 58.0 Å². The Morgan fingerprint density at radius 3 is 2.50 bits per heavy atom. The van der Waals surface area contributed by atoms with Crippen molar-refractivity contribution in [1.82, 2.24) is 30.1 Å². The maximum absolute atomic E-state index is 13.8. The molecule has 1 aliphatic heterocycles. The first-order valence-corrected chi connectivity index (χ1v) is 10.2. The molecule has 4 aromatic rings. The number of aryl methyl sites for hydroxylation is 1. The van der Waals surface area contributed by atoms with E-state index in [1.165, 1.54) is 12.1 Å². The van der Waals surface area contributed by atoms with Gasteiger partial charge < -0.3 is 9.73 Å². The summed E-state index contributed by atoms with van der Waals surface area (Å²) in [6.07, 6.45) is -3.07. The molecule has 32 heavy (non-hydrogen) atoms. The zero-order valence-electron chi connectivity index (χ0n) is 17.0. The van der Waals surface area contributed by atoms with Gasteiger partial charge in [-0.3, -0.25) is 9.89 Å². The van der Waals surface area contributed by atoms with Gasteiger partial charge in [0.1, 0.15) is 11.3 Å². The van der Waals surface area contributed by atoms with Crippen molar-refractivity contribution in [3.63, 3.8) is 0 Å². The number of alkyl halides is 3. The van der Waals surface area contributed by atoms with E-state index < -0.39 is 17.4 Å². The van der Waals surface area contributed by atoms with Crippen molar-refractivity contribution in [3.8, 4) is 22.6 Å². The maximum Gasteiger partial charge on any atom is 0.433 e. The molecular weight excluding hydrogens is 425 g/mol. The molecule has 0 saturated carbocycles. The summed E-state index contributed by atoms with van der Waals surface area (Å²) in [4.78, 5) is 17.6. The second-order valence-corrected chi connectivity index (χ2v) is 7.73. The van der Waals surface area contributed by atoms with Crippen molar-refractivity contribution in [2.75, 3.05) is 13.1 Å². The Bertz CT molecular complexity index is 1330. The van der Waals surface area contributed by atoms with Crippen LogP contribution in [0.1, 0.15) is 36.0 Å². The zero-order valence-corrected chi connectivity index (χ0v) is 17.0. The van der Waals surface area contributed by atoms with E-state index in [0.29, 0.717) is 11.5 Å². The second-order valence-electron chi connectivity index (χ2n) is 7.73. The number of H-pyrrole nitrogens is 1. The van der Waals surface area contributed by atoms with Crippen molar-refractivity contribution in [1.29, 1.82) is 0 Å². The molecule has 4 heterocycles. The largest absolute Gasteiger partial charge is 0.433 e. The minimum Gasteiger partial charge on any atom is -0.420 e. The monoisotopic (exact) mass is 444 g/mol. The Labute approximate surface area is 179 Å². The number of aromatic amines is 1. The third-order valence-corrected chi connectivity index (χ3v) is 5.65. The Hall–Kier alpha value is -3.47. The molecule has 0 spiro atoms. The highest BCUT2D eigenvalue weighted by atomic mass is 19.4. The van der Waals surface area contributed by atoms with E-state index in [4.69, 9.17) is 4.42 Å². The molecule has 2 N–H and O–H groups in total. The standard InChI is InChI=1S/C21H19F3N6O2/c1-11-14(19-28-27-18(32-19)13-7-9-25-10-8-13)20(31)30-17(26-11)15(12-5-3-2-4-6-12)16(29-30)21(22,23)24/h2-6,13,25,29H,7-10H2,1H3. The number of halogens is 3. The minimum atomic E-state index is -4.72. The lowest BCUT2D eigenvalue weighted by Gasteiger charge is -2.18.